The Balaban J connectivity index is 2.11. The van der Waals surface area contributed by atoms with Gasteiger partial charge in [-0.2, -0.15) is 0 Å². The van der Waals surface area contributed by atoms with Crippen molar-refractivity contribution in [1.82, 2.24) is 4.90 Å². The van der Waals surface area contributed by atoms with Crippen molar-refractivity contribution in [2.45, 2.75) is 32.5 Å². The van der Waals surface area contributed by atoms with E-state index in [9.17, 15) is 9.90 Å². The van der Waals surface area contributed by atoms with Crippen LogP contribution in [0.5, 0.6) is 0 Å². The Labute approximate surface area is 114 Å². The van der Waals surface area contributed by atoms with Gasteiger partial charge >= 0.3 is 5.97 Å². The average molecular weight is 263 g/mol. The van der Waals surface area contributed by atoms with E-state index in [1.54, 1.807) is 6.92 Å². The number of rotatable bonds is 4. The molecule has 104 valence electrons. The van der Waals surface area contributed by atoms with Gasteiger partial charge in [-0.1, -0.05) is 37.3 Å². The van der Waals surface area contributed by atoms with Gasteiger partial charge in [0.05, 0.1) is 12.7 Å². The highest BCUT2D eigenvalue weighted by molar-refractivity contribution is 5.77. The Bertz CT molecular complexity index is 421. The van der Waals surface area contributed by atoms with E-state index in [1.807, 2.05) is 42.2 Å². The van der Waals surface area contributed by atoms with Gasteiger partial charge in [0, 0.05) is 13.1 Å². The molecule has 1 heterocycles. The molecule has 0 saturated carbocycles. The van der Waals surface area contributed by atoms with Crippen molar-refractivity contribution in [3.05, 3.63) is 35.9 Å². The van der Waals surface area contributed by atoms with Crippen molar-refractivity contribution >= 4 is 5.97 Å². The van der Waals surface area contributed by atoms with Crippen molar-refractivity contribution < 1.29 is 14.6 Å². The van der Waals surface area contributed by atoms with E-state index in [0.717, 1.165) is 5.56 Å². The molecule has 0 unspecified atom stereocenters. The van der Waals surface area contributed by atoms with Gasteiger partial charge in [0.25, 0.3) is 0 Å². The molecule has 1 aromatic rings. The molecule has 4 nitrogen and oxygen atoms in total. The fourth-order valence-electron chi connectivity index (χ4n) is 2.62. The van der Waals surface area contributed by atoms with Crippen LogP contribution in [0.3, 0.4) is 0 Å². The van der Waals surface area contributed by atoms with Crippen molar-refractivity contribution in [2.24, 2.45) is 5.92 Å². The monoisotopic (exact) mass is 263 g/mol. The molecule has 0 amide bonds. The number of hydrogen-bond acceptors (Lipinski definition) is 4. The first kappa shape index (κ1) is 14.0. The number of ether oxygens (including phenoxy) is 1. The molecule has 2 rings (SSSR count). The zero-order valence-electron chi connectivity index (χ0n) is 11.5. The quantitative estimate of drug-likeness (QED) is 0.835. The van der Waals surface area contributed by atoms with Gasteiger partial charge in [-0.15, -0.1) is 0 Å². The number of carbonyl (C=O) groups is 1. The topological polar surface area (TPSA) is 49.8 Å². The zero-order chi connectivity index (χ0) is 13.8. The smallest absolute Gasteiger partial charge is 0.326 e. The Kier molecular flexibility index (Phi) is 4.56. The minimum Gasteiger partial charge on any atom is -0.465 e. The number of likely N-dealkylation sites (tertiary alicyclic amines) is 1. The summed E-state index contributed by atoms with van der Waals surface area (Å²) in [5, 5.41) is 10.2. The molecular formula is C15H21NO3. The van der Waals surface area contributed by atoms with E-state index in [1.165, 1.54) is 0 Å². The molecule has 1 aliphatic heterocycles. The second-order valence-electron chi connectivity index (χ2n) is 5.08. The van der Waals surface area contributed by atoms with Crippen molar-refractivity contribution in [1.29, 1.82) is 0 Å². The fourth-order valence-corrected chi connectivity index (χ4v) is 2.62. The molecule has 0 aromatic heterocycles. The summed E-state index contributed by atoms with van der Waals surface area (Å²) in [6.07, 6.45) is -0.650. The van der Waals surface area contributed by atoms with E-state index < -0.39 is 12.1 Å². The summed E-state index contributed by atoms with van der Waals surface area (Å²) in [5.41, 5.74) is 1.14. The molecule has 1 aliphatic rings. The predicted molar refractivity (Wildman–Crippen MR) is 72.4 cm³/mol. The van der Waals surface area contributed by atoms with Gasteiger partial charge in [-0.25, -0.2) is 0 Å². The molecule has 0 spiro atoms. The van der Waals surface area contributed by atoms with Crippen molar-refractivity contribution in [2.75, 3.05) is 13.2 Å². The molecule has 1 fully saturated rings. The van der Waals surface area contributed by atoms with E-state index in [-0.39, 0.29) is 11.9 Å². The van der Waals surface area contributed by atoms with Crippen LogP contribution in [0.15, 0.2) is 30.3 Å². The highest BCUT2D eigenvalue weighted by Gasteiger charge is 2.43. The number of esters is 1. The molecular weight excluding hydrogens is 242 g/mol. The number of aliphatic hydroxyl groups excluding tert-OH is 1. The molecule has 1 aromatic carbocycles. The summed E-state index contributed by atoms with van der Waals surface area (Å²) < 4.78 is 5.07. The fraction of sp³-hybridized carbons (Fsp3) is 0.533. The Morgan fingerprint density at radius 1 is 1.42 bits per heavy atom. The van der Waals surface area contributed by atoms with Crippen LogP contribution in [-0.4, -0.2) is 41.3 Å². The standard InChI is InChI=1S/C15H21NO3/c1-3-19-15(18)13-14(17)11(2)9-16(13)10-12-7-5-4-6-8-12/h4-8,11,13-14,17H,3,9-10H2,1-2H3/t11-,13+,14+/m0/s1. The molecule has 0 bridgehead atoms. The highest BCUT2D eigenvalue weighted by atomic mass is 16.5. The van der Waals surface area contributed by atoms with Crippen molar-refractivity contribution in [3.63, 3.8) is 0 Å². The first-order valence-electron chi connectivity index (χ1n) is 6.76. The van der Waals surface area contributed by atoms with Crippen LogP contribution in [0.2, 0.25) is 0 Å². The van der Waals surface area contributed by atoms with Gasteiger partial charge in [0.2, 0.25) is 0 Å². The summed E-state index contributed by atoms with van der Waals surface area (Å²) in [6, 6.07) is 9.42. The van der Waals surface area contributed by atoms with Crippen LogP contribution in [0, 0.1) is 5.92 Å². The lowest BCUT2D eigenvalue weighted by Crippen LogP contribution is -2.43. The van der Waals surface area contributed by atoms with Gasteiger partial charge < -0.3 is 9.84 Å². The van der Waals surface area contributed by atoms with E-state index in [0.29, 0.717) is 19.7 Å². The number of aliphatic hydroxyl groups is 1. The summed E-state index contributed by atoms with van der Waals surface area (Å²) in [6.45, 7) is 5.45. The number of nitrogens with zero attached hydrogens (tertiary/aromatic N) is 1. The van der Waals surface area contributed by atoms with E-state index >= 15 is 0 Å². The van der Waals surface area contributed by atoms with E-state index in [4.69, 9.17) is 4.74 Å². The maximum Gasteiger partial charge on any atom is 0.326 e. The van der Waals surface area contributed by atoms with Crippen LogP contribution in [0.1, 0.15) is 19.4 Å². The number of carbonyl (C=O) groups excluding carboxylic acids is 1. The second kappa shape index (κ2) is 6.17. The molecule has 19 heavy (non-hydrogen) atoms. The van der Waals surface area contributed by atoms with E-state index in [2.05, 4.69) is 0 Å². The molecule has 1 N–H and O–H groups in total. The van der Waals surface area contributed by atoms with Crippen LogP contribution in [0.25, 0.3) is 0 Å². The van der Waals surface area contributed by atoms with Crippen LogP contribution >= 0.6 is 0 Å². The lowest BCUT2D eigenvalue weighted by atomic mass is 10.0. The third-order valence-electron chi connectivity index (χ3n) is 3.58. The Morgan fingerprint density at radius 2 is 2.11 bits per heavy atom. The van der Waals surface area contributed by atoms with Crippen LogP contribution in [-0.2, 0) is 16.1 Å². The first-order chi connectivity index (χ1) is 9.13. The third kappa shape index (κ3) is 3.14. The minimum absolute atomic E-state index is 0.0816. The van der Waals surface area contributed by atoms with Crippen LogP contribution < -0.4 is 0 Å². The Hall–Kier alpha value is -1.39. The van der Waals surface area contributed by atoms with Gasteiger partial charge in [0.1, 0.15) is 6.04 Å². The summed E-state index contributed by atoms with van der Waals surface area (Å²) in [4.78, 5) is 14.0. The molecule has 1 saturated heterocycles. The maximum atomic E-state index is 12.0. The maximum absolute atomic E-state index is 12.0. The molecule has 4 heteroatoms. The summed E-state index contributed by atoms with van der Waals surface area (Å²) in [7, 11) is 0. The average Bonchev–Trinajstić information content (AvgIpc) is 2.66. The lowest BCUT2D eigenvalue weighted by molar-refractivity contribution is -0.151. The van der Waals surface area contributed by atoms with Gasteiger partial charge in [-0.05, 0) is 18.4 Å². The van der Waals surface area contributed by atoms with Crippen molar-refractivity contribution in [3.8, 4) is 0 Å². The predicted octanol–water partition coefficient (Wildman–Crippen LogP) is 1.43. The SMILES string of the molecule is CCOC(=O)[C@H]1[C@H](O)[C@@H](C)CN1Cc1ccccc1. The third-order valence-corrected chi connectivity index (χ3v) is 3.58. The largest absolute Gasteiger partial charge is 0.465 e. The van der Waals surface area contributed by atoms with Gasteiger partial charge in [-0.3, -0.25) is 9.69 Å². The number of hydrogen-bond donors (Lipinski definition) is 1. The zero-order valence-corrected chi connectivity index (χ0v) is 11.5. The second-order valence-corrected chi connectivity index (χ2v) is 5.08. The summed E-state index contributed by atoms with van der Waals surface area (Å²) >= 11 is 0. The molecule has 0 aliphatic carbocycles. The molecule has 3 atom stereocenters. The summed E-state index contributed by atoms with van der Waals surface area (Å²) in [5.74, 6) is -0.242. The number of benzene rings is 1. The first-order valence-corrected chi connectivity index (χ1v) is 6.76. The Morgan fingerprint density at radius 3 is 2.74 bits per heavy atom. The molecule has 0 radical (unpaired) electrons. The van der Waals surface area contributed by atoms with Gasteiger partial charge in [0.15, 0.2) is 0 Å². The normalized spacial score (nSPS) is 27.4. The minimum atomic E-state index is -0.650. The van der Waals surface area contributed by atoms with Crippen LogP contribution in [0.4, 0.5) is 0 Å². The lowest BCUT2D eigenvalue weighted by Gasteiger charge is -2.24. The highest BCUT2D eigenvalue weighted by Crippen LogP contribution is 2.26.